The number of amides is 1. The molecule has 4 rings (SSSR count). The Labute approximate surface area is 222 Å². The SMILES string of the molecule is COC(=O)[C@H](CCCCN)NC(=O)Cc1c(-c2ccc(-c3ccccc3)cc2)[nH]c2cc(Cl)c(C)cc12. The van der Waals surface area contributed by atoms with Crippen molar-refractivity contribution in [2.24, 2.45) is 5.73 Å². The van der Waals surface area contributed by atoms with Crippen LogP contribution in [0.5, 0.6) is 0 Å². The highest BCUT2D eigenvalue weighted by Crippen LogP contribution is 2.34. The molecular weight excluding hydrogens is 486 g/mol. The number of methoxy groups -OCH3 is 1. The fraction of sp³-hybridized carbons (Fsp3) is 0.267. The van der Waals surface area contributed by atoms with E-state index in [1.807, 2.05) is 49.4 Å². The average Bonchev–Trinajstić information content (AvgIpc) is 3.25. The standard InChI is InChI=1S/C30H32ClN3O3/c1-19-16-23-24(17-28(35)33-26(30(36)37-2)10-6-7-15-32)29(34-27(23)18-25(19)31)22-13-11-21(12-14-22)20-8-4-3-5-9-20/h3-5,8-9,11-14,16,18,26,34H,6-7,10,15,17,32H2,1-2H3,(H,33,35)/t26-/m0/s1. The first-order valence-corrected chi connectivity index (χ1v) is 12.8. The van der Waals surface area contributed by atoms with E-state index in [0.29, 0.717) is 18.0 Å². The third kappa shape index (κ3) is 6.21. The lowest BCUT2D eigenvalue weighted by molar-refractivity contribution is -0.145. The molecule has 0 spiro atoms. The van der Waals surface area contributed by atoms with Gasteiger partial charge in [-0.3, -0.25) is 4.79 Å². The quantitative estimate of drug-likeness (QED) is 0.183. The van der Waals surface area contributed by atoms with E-state index in [4.69, 9.17) is 22.1 Å². The molecule has 0 aliphatic heterocycles. The fourth-order valence-corrected chi connectivity index (χ4v) is 4.72. The number of hydrogen-bond acceptors (Lipinski definition) is 4. The Bertz CT molecular complexity index is 1380. The minimum Gasteiger partial charge on any atom is -0.467 e. The molecule has 3 aromatic carbocycles. The third-order valence-corrected chi connectivity index (χ3v) is 6.98. The van der Waals surface area contributed by atoms with Gasteiger partial charge in [0.1, 0.15) is 6.04 Å². The third-order valence-electron chi connectivity index (χ3n) is 6.57. The number of aryl methyl sites for hydroxylation is 1. The number of aromatic amines is 1. The Morgan fingerprint density at radius 3 is 2.35 bits per heavy atom. The summed E-state index contributed by atoms with van der Waals surface area (Å²) in [5, 5.41) is 4.45. The number of fused-ring (bicyclic) bond motifs is 1. The first-order chi connectivity index (χ1) is 17.9. The van der Waals surface area contributed by atoms with E-state index in [9.17, 15) is 9.59 Å². The van der Waals surface area contributed by atoms with Gasteiger partial charge in [-0.25, -0.2) is 4.79 Å². The Hall–Kier alpha value is -3.61. The Kier molecular flexibility index (Phi) is 8.64. The summed E-state index contributed by atoms with van der Waals surface area (Å²) in [6, 6.07) is 21.6. The van der Waals surface area contributed by atoms with Crippen molar-refractivity contribution in [3.63, 3.8) is 0 Å². The summed E-state index contributed by atoms with van der Waals surface area (Å²) in [6.07, 6.45) is 2.07. The molecule has 0 saturated carbocycles. The number of H-pyrrole nitrogens is 1. The summed E-state index contributed by atoms with van der Waals surface area (Å²) in [5.41, 5.74) is 12.3. The van der Waals surface area contributed by atoms with E-state index in [1.165, 1.54) is 7.11 Å². The van der Waals surface area contributed by atoms with Crippen LogP contribution in [-0.4, -0.2) is 36.6 Å². The predicted molar refractivity (Wildman–Crippen MR) is 149 cm³/mol. The molecule has 0 fully saturated rings. The van der Waals surface area contributed by atoms with E-state index in [2.05, 4.69) is 34.6 Å². The van der Waals surface area contributed by atoms with Crippen molar-refractivity contribution in [2.75, 3.05) is 13.7 Å². The maximum atomic E-state index is 13.2. The largest absolute Gasteiger partial charge is 0.467 e. The van der Waals surface area contributed by atoms with E-state index < -0.39 is 12.0 Å². The number of carbonyl (C=O) groups excluding carboxylic acids is 2. The zero-order valence-electron chi connectivity index (χ0n) is 21.1. The molecule has 6 nitrogen and oxygen atoms in total. The molecule has 0 saturated heterocycles. The highest BCUT2D eigenvalue weighted by molar-refractivity contribution is 6.32. The van der Waals surface area contributed by atoms with Crippen LogP contribution in [0.1, 0.15) is 30.4 Å². The summed E-state index contributed by atoms with van der Waals surface area (Å²) in [6.45, 7) is 2.48. The highest BCUT2D eigenvalue weighted by Gasteiger charge is 2.23. The molecule has 4 N–H and O–H groups in total. The van der Waals surface area contributed by atoms with Crippen LogP contribution in [0.25, 0.3) is 33.3 Å². The second-order valence-electron chi connectivity index (χ2n) is 9.17. The average molecular weight is 518 g/mol. The van der Waals surface area contributed by atoms with Crippen molar-refractivity contribution < 1.29 is 14.3 Å². The van der Waals surface area contributed by atoms with E-state index in [-0.39, 0.29) is 12.3 Å². The van der Waals surface area contributed by atoms with Gasteiger partial charge < -0.3 is 20.8 Å². The van der Waals surface area contributed by atoms with E-state index in [1.54, 1.807) is 0 Å². The number of carbonyl (C=O) groups is 2. The van der Waals surface area contributed by atoms with Crippen LogP contribution in [0, 0.1) is 6.92 Å². The number of rotatable bonds is 10. The summed E-state index contributed by atoms with van der Waals surface area (Å²) in [7, 11) is 1.33. The van der Waals surface area contributed by atoms with Gasteiger partial charge in [0.05, 0.1) is 19.2 Å². The first kappa shape index (κ1) is 26.5. The molecule has 0 aliphatic carbocycles. The highest BCUT2D eigenvalue weighted by atomic mass is 35.5. The van der Waals surface area contributed by atoms with Crippen LogP contribution in [-0.2, 0) is 20.7 Å². The smallest absolute Gasteiger partial charge is 0.328 e. The van der Waals surface area contributed by atoms with Gasteiger partial charge in [-0.05, 0) is 72.7 Å². The Morgan fingerprint density at radius 1 is 1.00 bits per heavy atom. The molecule has 0 radical (unpaired) electrons. The molecule has 0 aliphatic rings. The normalized spacial score (nSPS) is 11.9. The topological polar surface area (TPSA) is 97.2 Å². The number of aromatic nitrogens is 1. The van der Waals surface area contributed by atoms with Gasteiger partial charge in [0.15, 0.2) is 0 Å². The van der Waals surface area contributed by atoms with Gasteiger partial charge >= 0.3 is 5.97 Å². The first-order valence-electron chi connectivity index (χ1n) is 12.4. The maximum absolute atomic E-state index is 13.2. The molecule has 7 heteroatoms. The van der Waals surface area contributed by atoms with Gasteiger partial charge in [0.25, 0.3) is 0 Å². The molecule has 1 amide bonds. The molecule has 4 aromatic rings. The predicted octanol–water partition coefficient (Wildman–Crippen LogP) is 5.79. The zero-order chi connectivity index (χ0) is 26.4. The van der Waals surface area contributed by atoms with Crippen LogP contribution < -0.4 is 11.1 Å². The number of benzene rings is 3. The molecule has 0 unspecified atom stereocenters. The van der Waals surface area contributed by atoms with Gasteiger partial charge in [-0.1, -0.05) is 66.2 Å². The maximum Gasteiger partial charge on any atom is 0.328 e. The van der Waals surface area contributed by atoms with Gasteiger partial charge in [0, 0.05) is 15.9 Å². The van der Waals surface area contributed by atoms with E-state index in [0.717, 1.165) is 57.3 Å². The van der Waals surface area contributed by atoms with E-state index >= 15 is 0 Å². The minimum absolute atomic E-state index is 0.0984. The van der Waals surface area contributed by atoms with Crippen LogP contribution in [0.4, 0.5) is 0 Å². The summed E-state index contributed by atoms with van der Waals surface area (Å²) in [5.74, 6) is -0.706. The molecule has 37 heavy (non-hydrogen) atoms. The number of unbranched alkanes of at least 4 members (excludes halogenated alkanes) is 1. The summed E-state index contributed by atoms with van der Waals surface area (Å²) < 4.78 is 4.91. The van der Waals surface area contributed by atoms with Crippen molar-refractivity contribution in [1.82, 2.24) is 10.3 Å². The van der Waals surface area contributed by atoms with Crippen molar-refractivity contribution in [1.29, 1.82) is 0 Å². The fourth-order valence-electron chi connectivity index (χ4n) is 4.56. The van der Waals surface area contributed by atoms with Crippen molar-refractivity contribution in [3.05, 3.63) is 82.9 Å². The Balaban J connectivity index is 1.67. The monoisotopic (exact) mass is 517 g/mol. The lowest BCUT2D eigenvalue weighted by Gasteiger charge is -2.16. The number of nitrogens with two attached hydrogens (primary N) is 1. The number of esters is 1. The molecular formula is C30H32ClN3O3. The second kappa shape index (κ2) is 12.1. The summed E-state index contributed by atoms with van der Waals surface area (Å²) >= 11 is 6.41. The lowest BCUT2D eigenvalue weighted by atomic mass is 9.98. The summed E-state index contributed by atoms with van der Waals surface area (Å²) in [4.78, 5) is 29.0. The van der Waals surface area contributed by atoms with Gasteiger partial charge in [-0.2, -0.15) is 0 Å². The van der Waals surface area contributed by atoms with Crippen molar-refractivity contribution >= 4 is 34.4 Å². The molecule has 1 aromatic heterocycles. The number of ether oxygens (including phenoxy) is 1. The number of halogens is 1. The zero-order valence-corrected chi connectivity index (χ0v) is 21.9. The van der Waals surface area contributed by atoms with Crippen molar-refractivity contribution in [2.45, 2.75) is 38.6 Å². The molecule has 1 heterocycles. The van der Waals surface area contributed by atoms with Crippen LogP contribution >= 0.6 is 11.6 Å². The molecule has 0 bridgehead atoms. The number of nitrogens with one attached hydrogen (secondary N) is 2. The lowest BCUT2D eigenvalue weighted by Crippen LogP contribution is -2.42. The van der Waals surface area contributed by atoms with Gasteiger partial charge in [0.2, 0.25) is 5.91 Å². The Morgan fingerprint density at radius 2 is 1.68 bits per heavy atom. The van der Waals surface area contributed by atoms with Gasteiger partial charge in [-0.15, -0.1) is 0 Å². The van der Waals surface area contributed by atoms with Crippen LogP contribution in [0.3, 0.4) is 0 Å². The van der Waals surface area contributed by atoms with Crippen LogP contribution in [0.15, 0.2) is 66.7 Å². The minimum atomic E-state index is -0.709. The number of hydrogen-bond donors (Lipinski definition) is 3. The molecule has 192 valence electrons. The second-order valence-corrected chi connectivity index (χ2v) is 9.58. The van der Waals surface area contributed by atoms with Crippen molar-refractivity contribution in [3.8, 4) is 22.4 Å². The molecule has 1 atom stereocenters. The van der Waals surface area contributed by atoms with Crippen LogP contribution in [0.2, 0.25) is 5.02 Å².